The minimum atomic E-state index is 0.144. The van der Waals surface area contributed by atoms with E-state index in [-0.39, 0.29) is 5.91 Å². The summed E-state index contributed by atoms with van der Waals surface area (Å²) >= 11 is 0. The molecule has 4 heteroatoms. The Hall–Kier alpha value is -2.10. The second kappa shape index (κ2) is 7.20. The van der Waals surface area contributed by atoms with Gasteiger partial charge in [0.1, 0.15) is 0 Å². The number of amides is 1. The lowest BCUT2D eigenvalue weighted by molar-refractivity contribution is 0.0717. The molecule has 1 saturated carbocycles. The van der Waals surface area contributed by atoms with Crippen molar-refractivity contribution in [2.24, 2.45) is 0 Å². The molecule has 0 radical (unpaired) electrons. The molecule has 0 saturated heterocycles. The summed E-state index contributed by atoms with van der Waals surface area (Å²) in [4.78, 5) is 19.2. The van der Waals surface area contributed by atoms with E-state index in [0.717, 1.165) is 35.5 Å². The first-order chi connectivity index (χ1) is 11.6. The number of carbonyl (C=O) groups is 1. The molecule has 1 amide bonds. The number of carbonyl (C=O) groups excluding carboxylic acids is 1. The van der Waals surface area contributed by atoms with Crippen LogP contribution in [-0.2, 0) is 0 Å². The molecule has 2 aromatic rings. The van der Waals surface area contributed by atoms with Gasteiger partial charge in [-0.25, -0.2) is 0 Å². The maximum absolute atomic E-state index is 13.1. The average Bonchev–Trinajstić information content (AvgIpc) is 2.79. The number of hydrogen-bond acceptors (Lipinski definition) is 2. The van der Waals surface area contributed by atoms with Gasteiger partial charge in [0.25, 0.3) is 5.91 Å². The molecule has 2 aromatic heterocycles. The maximum atomic E-state index is 13.1. The molecule has 24 heavy (non-hydrogen) atoms. The molecule has 1 aliphatic carbocycles. The number of aromatic nitrogens is 2. The average molecular weight is 325 g/mol. The number of hydrogen-bond donors (Lipinski definition) is 0. The van der Waals surface area contributed by atoms with Crippen molar-refractivity contribution in [1.29, 1.82) is 0 Å². The number of pyridine rings is 1. The molecule has 0 aliphatic heterocycles. The van der Waals surface area contributed by atoms with Crippen LogP contribution in [0.25, 0.3) is 5.69 Å². The molecule has 1 fully saturated rings. The van der Waals surface area contributed by atoms with Gasteiger partial charge in [0.2, 0.25) is 0 Å². The third kappa shape index (κ3) is 3.23. The van der Waals surface area contributed by atoms with E-state index < -0.39 is 0 Å². The summed E-state index contributed by atoms with van der Waals surface area (Å²) in [5.41, 5.74) is 3.87. The van der Waals surface area contributed by atoms with Crippen LogP contribution in [0.15, 0.2) is 30.6 Å². The van der Waals surface area contributed by atoms with Gasteiger partial charge in [-0.1, -0.05) is 25.7 Å². The Labute approximate surface area is 144 Å². The summed E-state index contributed by atoms with van der Waals surface area (Å²) in [6.45, 7) is 4.07. The van der Waals surface area contributed by atoms with Gasteiger partial charge in [-0.05, 0) is 44.9 Å². The fraction of sp³-hybridized carbons (Fsp3) is 0.500. The van der Waals surface area contributed by atoms with Crippen molar-refractivity contribution in [3.8, 4) is 5.69 Å². The highest BCUT2D eigenvalue weighted by Crippen LogP contribution is 2.25. The van der Waals surface area contributed by atoms with E-state index in [1.807, 2.05) is 50.2 Å². The van der Waals surface area contributed by atoms with Crippen molar-refractivity contribution in [3.05, 3.63) is 47.5 Å². The topological polar surface area (TPSA) is 38.1 Å². The van der Waals surface area contributed by atoms with Crippen LogP contribution in [0, 0.1) is 13.8 Å². The van der Waals surface area contributed by atoms with E-state index in [2.05, 4.69) is 9.55 Å². The van der Waals surface area contributed by atoms with Gasteiger partial charge in [0, 0.05) is 30.7 Å². The van der Waals surface area contributed by atoms with Gasteiger partial charge in [-0.15, -0.1) is 0 Å². The molecule has 0 aromatic carbocycles. The van der Waals surface area contributed by atoms with Crippen molar-refractivity contribution in [2.45, 2.75) is 58.4 Å². The zero-order chi connectivity index (χ0) is 17.1. The molecule has 0 spiro atoms. The Morgan fingerprint density at radius 1 is 1.21 bits per heavy atom. The summed E-state index contributed by atoms with van der Waals surface area (Å²) < 4.78 is 2.11. The quantitative estimate of drug-likeness (QED) is 0.790. The van der Waals surface area contributed by atoms with Gasteiger partial charge in [0.15, 0.2) is 0 Å². The molecule has 4 nitrogen and oxygen atoms in total. The minimum Gasteiger partial charge on any atom is -0.339 e. The van der Waals surface area contributed by atoms with E-state index in [1.54, 1.807) is 6.20 Å². The van der Waals surface area contributed by atoms with Crippen molar-refractivity contribution in [2.75, 3.05) is 7.05 Å². The van der Waals surface area contributed by atoms with E-state index >= 15 is 0 Å². The van der Waals surface area contributed by atoms with Crippen LogP contribution in [0.4, 0.5) is 0 Å². The Bertz CT molecular complexity index is 697. The molecular weight excluding hydrogens is 298 g/mol. The molecule has 1 aliphatic rings. The lowest BCUT2D eigenvalue weighted by Crippen LogP contribution is -2.37. The van der Waals surface area contributed by atoms with Crippen LogP contribution >= 0.6 is 0 Å². The van der Waals surface area contributed by atoms with Gasteiger partial charge in [0.05, 0.1) is 17.4 Å². The van der Waals surface area contributed by atoms with Crippen LogP contribution in [-0.4, -0.2) is 33.4 Å². The van der Waals surface area contributed by atoms with Crippen molar-refractivity contribution < 1.29 is 4.79 Å². The summed E-state index contributed by atoms with van der Waals surface area (Å²) in [6, 6.07) is 6.34. The number of nitrogens with zero attached hydrogens (tertiary/aromatic N) is 3. The predicted molar refractivity (Wildman–Crippen MR) is 96.6 cm³/mol. The van der Waals surface area contributed by atoms with Crippen molar-refractivity contribution in [3.63, 3.8) is 0 Å². The van der Waals surface area contributed by atoms with Gasteiger partial charge in [-0.3, -0.25) is 9.78 Å². The molecule has 0 atom stereocenters. The van der Waals surface area contributed by atoms with Crippen molar-refractivity contribution >= 4 is 5.91 Å². The van der Waals surface area contributed by atoms with E-state index in [1.165, 1.54) is 25.7 Å². The smallest absolute Gasteiger partial charge is 0.255 e. The molecular formula is C20H27N3O. The molecule has 3 rings (SSSR count). The largest absolute Gasteiger partial charge is 0.339 e. The molecule has 0 unspecified atom stereocenters. The van der Waals surface area contributed by atoms with E-state index in [9.17, 15) is 4.79 Å². The highest BCUT2D eigenvalue weighted by molar-refractivity contribution is 5.96. The maximum Gasteiger partial charge on any atom is 0.255 e. The molecule has 2 heterocycles. The minimum absolute atomic E-state index is 0.144. The Morgan fingerprint density at radius 2 is 1.92 bits per heavy atom. The standard InChI is InChI=1S/C20H27N3O/c1-15-13-19(16(2)23(15)18-11-8-12-21-14-18)20(24)22(3)17-9-6-4-5-7-10-17/h8,11-14,17H,4-7,9-10H2,1-3H3. The van der Waals surface area contributed by atoms with E-state index in [0.29, 0.717) is 6.04 Å². The zero-order valence-electron chi connectivity index (χ0n) is 15.0. The third-order valence-electron chi connectivity index (χ3n) is 5.26. The molecule has 0 N–H and O–H groups in total. The van der Waals surface area contributed by atoms with Gasteiger partial charge >= 0.3 is 0 Å². The fourth-order valence-corrected chi connectivity index (χ4v) is 3.86. The lowest BCUT2D eigenvalue weighted by atomic mass is 10.1. The molecule has 0 bridgehead atoms. The Kier molecular flexibility index (Phi) is 5.03. The van der Waals surface area contributed by atoms with Crippen LogP contribution in [0.3, 0.4) is 0 Å². The lowest BCUT2D eigenvalue weighted by Gasteiger charge is -2.27. The van der Waals surface area contributed by atoms with Crippen molar-refractivity contribution in [1.82, 2.24) is 14.5 Å². The van der Waals surface area contributed by atoms with E-state index in [4.69, 9.17) is 0 Å². The summed E-state index contributed by atoms with van der Waals surface area (Å²) in [5, 5.41) is 0. The third-order valence-corrected chi connectivity index (χ3v) is 5.26. The predicted octanol–water partition coefficient (Wildman–Crippen LogP) is 4.28. The Morgan fingerprint density at radius 3 is 2.54 bits per heavy atom. The van der Waals surface area contributed by atoms with Crippen LogP contribution in [0.5, 0.6) is 0 Å². The Balaban J connectivity index is 1.88. The second-order valence-electron chi connectivity index (χ2n) is 6.89. The summed E-state index contributed by atoms with van der Waals surface area (Å²) in [7, 11) is 1.97. The van der Waals surface area contributed by atoms with Crippen LogP contribution < -0.4 is 0 Å². The highest BCUT2D eigenvalue weighted by Gasteiger charge is 2.25. The van der Waals surface area contributed by atoms with Crippen LogP contribution in [0.1, 0.15) is 60.3 Å². The second-order valence-corrected chi connectivity index (χ2v) is 6.89. The van der Waals surface area contributed by atoms with Gasteiger partial charge in [-0.2, -0.15) is 0 Å². The highest BCUT2D eigenvalue weighted by atomic mass is 16.2. The number of aryl methyl sites for hydroxylation is 1. The zero-order valence-corrected chi connectivity index (χ0v) is 15.0. The first-order valence-corrected chi connectivity index (χ1v) is 8.96. The first kappa shape index (κ1) is 16.7. The van der Waals surface area contributed by atoms with Crippen LogP contribution in [0.2, 0.25) is 0 Å². The summed E-state index contributed by atoms with van der Waals surface area (Å²) in [5.74, 6) is 0.144. The summed E-state index contributed by atoms with van der Waals surface area (Å²) in [6.07, 6.45) is 10.9. The number of rotatable bonds is 3. The normalized spacial score (nSPS) is 16.0. The first-order valence-electron chi connectivity index (χ1n) is 8.96. The SMILES string of the molecule is Cc1cc(C(=O)N(C)C2CCCCCC2)c(C)n1-c1cccnc1. The molecule has 128 valence electrons. The monoisotopic (exact) mass is 325 g/mol. The fourth-order valence-electron chi connectivity index (χ4n) is 3.86. The van der Waals surface area contributed by atoms with Gasteiger partial charge < -0.3 is 9.47 Å².